The molecule has 1 aromatic carbocycles. The molecule has 140 valence electrons. The van der Waals surface area contributed by atoms with E-state index in [2.05, 4.69) is 15.6 Å². The maximum atomic E-state index is 12.2. The molecular formula is C20H21N3O3S. The minimum Gasteiger partial charge on any atom is -0.355 e. The number of nitrogens with one attached hydrogen (secondary N) is 2. The van der Waals surface area contributed by atoms with E-state index >= 15 is 0 Å². The summed E-state index contributed by atoms with van der Waals surface area (Å²) in [6.07, 6.45) is 4.29. The van der Waals surface area contributed by atoms with Gasteiger partial charge in [0.1, 0.15) is 0 Å². The average Bonchev–Trinajstić information content (AvgIpc) is 3.01. The van der Waals surface area contributed by atoms with Crippen LogP contribution < -0.4 is 10.6 Å². The van der Waals surface area contributed by atoms with E-state index in [4.69, 9.17) is 0 Å². The van der Waals surface area contributed by atoms with Crippen LogP contribution in [-0.4, -0.2) is 29.6 Å². The van der Waals surface area contributed by atoms with Gasteiger partial charge < -0.3 is 5.32 Å². The average molecular weight is 383 g/mol. The van der Waals surface area contributed by atoms with Gasteiger partial charge in [0.05, 0.1) is 10.6 Å². The van der Waals surface area contributed by atoms with Crippen LogP contribution in [0.4, 0.5) is 5.13 Å². The molecular weight excluding hydrogens is 362 g/mol. The van der Waals surface area contributed by atoms with Crippen molar-refractivity contribution in [2.24, 2.45) is 5.41 Å². The zero-order valence-corrected chi connectivity index (χ0v) is 16.3. The summed E-state index contributed by atoms with van der Waals surface area (Å²) in [5, 5.41) is 5.72. The van der Waals surface area contributed by atoms with Crippen molar-refractivity contribution < 1.29 is 14.4 Å². The number of carbonyl (C=O) groups is 3. The van der Waals surface area contributed by atoms with Crippen LogP contribution in [0.2, 0.25) is 0 Å². The molecule has 2 aromatic rings. The third kappa shape index (κ3) is 4.49. The van der Waals surface area contributed by atoms with Gasteiger partial charge in [-0.05, 0) is 35.6 Å². The predicted octanol–water partition coefficient (Wildman–Crippen LogP) is 3.31. The van der Waals surface area contributed by atoms with Gasteiger partial charge in [-0.15, -0.1) is 0 Å². The Bertz CT molecular complexity index is 926. The molecule has 0 fully saturated rings. The summed E-state index contributed by atoms with van der Waals surface area (Å²) < 4.78 is 0. The maximum Gasteiger partial charge on any atom is 0.251 e. The fraction of sp³-hybridized carbons (Fsp3) is 0.300. The Kier molecular flexibility index (Phi) is 5.23. The van der Waals surface area contributed by atoms with Crippen molar-refractivity contribution in [3.63, 3.8) is 0 Å². The summed E-state index contributed by atoms with van der Waals surface area (Å²) in [6, 6.07) is 6.91. The van der Waals surface area contributed by atoms with Crippen LogP contribution >= 0.6 is 11.3 Å². The molecule has 0 atom stereocenters. The van der Waals surface area contributed by atoms with Crippen molar-refractivity contribution in [2.45, 2.75) is 26.7 Å². The first-order valence-corrected chi connectivity index (χ1v) is 9.43. The molecule has 1 aliphatic rings. The molecule has 2 N–H and O–H groups in total. The molecule has 6 nitrogen and oxygen atoms in total. The molecule has 3 rings (SSSR count). The molecule has 1 heterocycles. The number of hydrogen-bond acceptors (Lipinski definition) is 5. The molecule has 0 bridgehead atoms. The van der Waals surface area contributed by atoms with Gasteiger partial charge in [-0.2, -0.15) is 0 Å². The fourth-order valence-electron chi connectivity index (χ4n) is 2.98. The Hall–Kier alpha value is -2.80. The van der Waals surface area contributed by atoms with Crippen molar-refractivity contribution in [1.29, 1.82) is 0 Å². The van der Waals surface area contributed by atoms with Crippen molar-refractivity contribution in [1.82, 2.24) is 10.3 Å². The van der Waals surface area contributed by atoms with Crippen molar-refractivity contribution in [3.05, 3.63) is 52.0 Å². The predicted molar refractivity (Wildman–Crippen MR) is 106 cm³/mol. The van der Waals surface area contributed by atoms with Gasteiger partial charge in [-0.3, -0.25) is 19.7 Å². The Morgan fingerprint density at radius 1 is 1.19 bits per heavy atom. The highest BCUT2D eigenvalue weighted by atomic mass is 32.1. The normalized spacial score (nSPS) is 15.4. The number of amides is 2. The number of ketones is 1. The van der Waals surface area contributed by atoms with E-state index in [1.54, 1.807) is 37.4 Å². The van der Waals surface area contributed by atoms with Crippen LogP contribution in [0.5, 0.6) is 0 Å². The number of hydrogen-bond donors (Lipinski definition) is 2. The minimum atomic E-state index is -0.316. The summed E-state index contributed by atoms with van der Waals surface area (Å²) >= 11 is 1.23. The van der Waals surface area contributed by atoms with Crippen LogP contribution in [0.25, 0.3) is 6.08 Å². The van der Waals surface area contributed by atoms with Crippen LogP contribution in [0.3, 0.4) is 0 Å². The van der Waals surface area contributed by atoms with Gasteiger partial charge in [-0.1, -0.05) is 37.3 Å². The first-order valence-electron chi connectivity index (χ1n) is 8.61. The maximum absolute atomic E-state index is 12.2. The van der Waals surface area contributed by atoms with Gasteiger partial charge >= 0.3 is 0 Å². The molecule has 1 aliphatic carbocycles. The molecule has 0 spiro atoms. The van der Waals surface area contributed by atoms with Crippen LogP contribution in [0, 0.1) is 5.41 Å². The van der Waals surface area contributed by atoms with Crippen LogP contribution in [-0.2, 0) is 11.2 Å². The number of thiazole rings is 1. The third-order valence-electron chi connectivity index (χ3n) is 4.29. The molecule has 0 saturated heterocycles. The standard InChI is InChI=1S/C20H21N3O3S/c1-20(2)10-14-17(15(24)11-20)27-19(22-14)23-16(25)9-6-12-4-7-13(8-5-12)18(26)21-3/h4-9H,10-11H2,1-3H3,(H,21,26)(H,22,23,25). The molecule has 27 heavy (non-hydrogen) atoms. The molecule has 0 unspecified atom stereocenters. The molecule has 0 saturated carbocycles. The number of rotatable bonds is 4. The zero-order chi connectivity index (χ0) is 19.6. The quantitative estimate of drug-likeness (QED) is 0.793. The second kappa shape index (κ2) is 7.44. The van der Waals surface area contributed by atoms with Crippen molar-refractivity contribution >= 4 is 40.1 Å². The molecule has 0 aliphatic heterocycles. The van der Waals surface area contributed by atoms with Crippen LogP contribution in [0.15, 0.2) is 30.3 Å². The van der Waals surface area contributed by atoms with Crippen molar-refractivity contribution in [2.75, 3.05) is 12.4 Å². The summed E-state index contributed by atoms with van der Waals surface area (Å²) in [4.78, 5) is 41.0. The van der Waals surface area contributed by atoms with Gasteiger partial charge in [-0.25, -0.2) is 4.98 Å². The number of carbonyl (C=O) groups excluding carboxylic acids is 3. The molecule has 1 aromatic heterocycles. The Balaban J connectivity index is 1.65. The largest absolute Gasteiger partial charge is 0.355 e. The highest BCUT2D eigenvalue weighted by Crippen LogP contribution is 2.38. The number of nitrogens with zero attached hydrogens (tertiary/aromatic N) is 1. The summed E-state index contributed by atoms with van der Waals surface area (Å²) in [7, 11) is 1.57. The third-order valence-corrected chi connectivity index (χ3v) is 5.35. The second-order valence-electron chi connectivity index (χ2n) is 7.26. The first kappa shape index (κ1) is 19.0. The van der Waals surface area contributed by atoms with Crippen LogP contribution in [0.1, 0.15) is 51.6 Å². The lowest BCUT2D eigenvalue weighted by molar-refractivity contribution is -0.111. The van der Waals surface area contributed by atoms with E-state index < -0.39 is 0 Å². The zero-order valence-electron chi connectivity index (χ0n) is 15.5. The van der Waals surface area contributed by atoms with Gasteiger partial charge in [0, 0.05) is 25.1 Å². The molecule has 7 heteroatoms. The number of anilines is 1. The van der Waals surface area contributed by atoms with E-state index in [9.17, 15) is 14.4 Å². The minimum absolute atomic E-state index is 0.0889. The smallest absolute Gasteiger partial charge is 0.251 e. The molecule has 2 amide bonds. The van der Waals surface area contributed by atoms with E-state index in [1.807, 2.05) is 13.8 Å². The lowest BCUT2D eigenvalue weighted by Crippen LogP contribution is -2.26. The van der Waals surface area contributed by atoms with E-state index in [1.165, 1.54) is 17.4 Å². The topological polar surface area (TPSA) is 88.2 Å². The highest BCUT2D eigenvalue weighted by molar-refractivity contribution is 7.17. The van der Waals surface area contributed by atoms with Crippen molar-refractivity contribution in [3.8, 4) is 0 Å². The number of benzene rings is 1. The Labute approximate surface area is 161 Å². The Morgan fingerprint density at radius 3 is 2.56 bits per heavy atom. The highest BCUT2D eigenvalue weighted by Gasteiger charge is 2.33. The SMILES string of the molecule is CNC(=O)c1ccc(C=CC(=O)Nc2nc3c(s2)C(=O)CC(C)(C)C3)cc1. The number of aromatic nitrogens is 1. The summed E-state index contributed by atoms with van der Waals surface area (Å²) in [6.45, 7) is 4.09. The van der Waals surface area contributed by atoms with Gasteiger partial charge in [0.15, 0.2) is 10.9 Å². The number of Topliss-reactive ketones (excluding diaryl/α,β-unsaturated/α-hetero) is 1. The van der Waals surface area contributed by atoms with E-state index in [0.717, 1.165) is 17.7 Å². The monoisotopic (exact) mass is 383 g/mol. The fourth-order valence-corrected chi connectivity index (χ4v) is 3.90. The van der Waals surface area contributed by atoms with Gasteiger partial charge in [0.25, 0.3) is 5.91 Å². The summed E-state index contributed by atoms with van der Waals surface area (Å²) in [5.41, 5.74) is 2.03. The second-order valence-corrected chi connectivity index (χ2v) is 8.26. The number of fused-ring (bicyclic) bond motifs is 1. The van der Waals surface area contributed by atoms with E-state index in [0.29, 0.717) is 22.0 Å². The van der Waals surface area contributed by atoms with Gasteiger partial charge in [0.2, 0.25) is 5.91 Å². The van der Waals surface area contributed by atoms with E-state index in [-0.39, 0.29) is 23.0 Å². The lowest BCUT2D eigenvalue weighted by atomic mass is 9.78. The lowest BCUT2D eigenvalue weighted by Gasteiger charge is -2.26. The first-order chi connectivity index (χ1) is 12.8. The summed E-state index contributed by atoms with van der Waals surface area (Å²) in [5.74, 6) is -0.386. The Morgan fingerprint density at radius 2 is 1.89 bits per heavy atom. The molecule has 0 radical (unpaired) electrons.